The maximum absolute atomic E-state index is 11.5. The van der Waals surface area contributed by atoms with Crippen LogP contribution in [0.3, 0.4) is 0 Å². The van der Waals surface area contributed by atoms with Gasteiger partial charge in [0.2, 0.25) is 0 Å². The fourth-order valence-electron chi connectivity index (χ4n) is 1.95. The minimum absolute atomic E-state index is 0.0779. The molecule has 0 unspecified atom stereocenters. The van der Waals surface area contributed by atoms with Gasteiger partial charge in [0, 0.05) is 25.8 Å². The molecule has 21 heavy (non-hydrogen) atoms. The lowest BCUT2D eigenvalue weighted by atomic mass is 10.1. The Bertz CT molecular complexity index is 384. The molecule has 1 fully saturated rings. The van der Waals surface area contributed by atoms with Crippen molar-refractivity contribution < 1.29 is 28.6 Å². The fraction of sp³-hybridized carbons (Fsp3) is 0.786. The second-order valence-electron chi connectivity index (χ2n) is 4.74. The van der Waals surface area contributed by atoms with Gasteiger partial charge in [-0.2, -0.15) is 0 Å². The lowest BCUT2D eigenvalue weighted by molar-refractivity contribution is -0.166. The summed E-state index contributed by atoms with van der Waals surface area (Å²) in [6, 6.07) is -0.370. The molecule has 1 heterocycles. The van der Waals surface area contributed by atoms with Gasteiger partial charge in [0.1, 0.15) is 6.61 Å². The molecule has 1 saturated heterocycles. The van der Waals surface area contributed by atoms with Crippen LogP contribution in [0.5, 0.6) is 0 Å². The van der Waals surface area contributed by atoms with E-state index in [0.717, 1.165) is 0 Å². The van der Waals surface area contributed by atoms with Crippen molar-refractivity contribution in [2.45, 2.75) is 58.3 Å². The van der Waals surface area contributed by atoms with Gasteiger partial charge in [-0.3, -0.25) is 14.4 Å². The number of hydrogen-bond acceptors (Lipinski definition) is 7. The Balaban J connectivity index is 2.66. The molecular formula is C14H23NO6. The minimum atomic E-state index is -0.641. The van der Waals surface area contributed by atoms with Crippen molar-refractivity contribution in [2.24, 2.45) is 0 Å². The molecule has 0 aromatic heterocycles. The predicted octanol–water partition coefficient (Wildman–Crippen LogP) is 0.555. The molecule has 120 valence electrons. The van der Waals surface area contributed by atoms with Crippen LogP contribution in [0.4, 0.5) is 0 Å². The Morgan fingerprint density at radius 2 is 1.52 bits per heavy atom. The third kappa shape index (κ3) is 5.34. The Hall–Kier alpha value is -1.63. The van der Waals surface area contributed by atoms with E-state index in [4.69, 9.17) is 14.2 Å². The Labute approximate surface area is 124 Å². The molecule has 0 aromatic rings. The average molecular weight is 301 g/mol. The van der Waals surface area contributed by atoms with Gasteiger partial charge in [-0.1, -0.05) is 20.8 Å². The zero-order valence-electron chi connectivity index (χ0n) is 12.7. The molecule has 0 radical (unpaired) electrons. The smallest absolute Gasteiger partial charge is 0.305 e. The Morgan fingerprint density at radius 3 is 2.10 bits per heavy atom. The first kappa shape index (κ1) is 17.4. The molecule has 0 aliphatic carbocycles. The molecule has 0 aromatic carbocycles. The monoisotopic (exact) mass is 301 g/mol. The van der Waals surface area contributed by atoms with E-state index in [2.05, 4.69) is 5.32 Å². The molecule has 0 amide bonds. The van der Waals surface area contributed by atoms with Crippen LogP contribution >= 0.6 is 0 Å². The fourth-order valence-corrected chi connectivity index (χ4v) is 1.95. The SMILES string of the molecule is CCC(=O)OC[C@@H]1NC[C@H](OC(=O)CC)[C@H]1OC(=O)CC. The number of ether oxygens (including phenoxy) is 3. The van der Waals surface area contributed by atoms with E-state index in [0.29, 0.717) is 6.54 Å². The summed E-state index contributed by atoms with van der Waals surface area (Å²) in [5.74, 6) is -1.06. The van der Waals surface area contributed by atoms with Crippen LogP contribution in [-0.4, -0.2) is 49.3 Å². The zero-order chi connectivity index (χ0) is 15.8. The maximum Gasteiger partial charge on any atom is 0.305 e. The number of carbonyl (C=O) groups is 3. The summed E-state index contributed by atoms with van der Waals surface area (Å²) in [5.41, 5.74) is 0. The summed E-state index contributed by atoms with van der Waals surface area (Å²) in [7, 11) is 0. The van der Waals surface area contributed by atoms with Crippen LogP contribution in [0, 0.1) is 0 Å². The summed E-state index contributed by atoms with van der Waals surface area (Å²) < 4.78 is 15.7. The first-order valence-electron chi connectivity index (χ1n) is 7.29. The van der Waals surface area contributed by atoms with Crippen LogP contribution in [0.25, 0.3) is 0 Å². The molecule has 0 saturated carbocycles. The molecule has 3 atom stereocenters. The lowest BCUT2D eigenvalue weighted by Crippen LogP contribution is -2.42. The number of carbonyl (C=O) groups excluding carboxylic acids is 3. The molecule has 7 nitrogen and oxygen atoms in total. The van der Waals surface area contributed by atoms with Crippen molar-refractivity contribution in [1.82, 2.24) is 5.32 Å². The third-order valence-electron chi connectivity index (χ3n) is 3.18. The zero-order valence-corrected chi connectivity index (χ0v) is 12.7. The van der Waals surface area contributed by atoms with Gasteiger partial charge in [0.05, 0.1) is 6.04 Å². The normalized spacial score (nSPS) is 24.4. The molecule has 7 heteroatoms. The van der Waals surface area contributed by atoms with E-state index in [-0.39, 0.29) is 49.8 Å². The Kier molecular flexibility index (Phi) is 7.14. The van der Waals surface area contributed by atoms with Gasteiger partial charge in [-0.25, -0.2) is 0 Å². The summed E-state index contributed by atoms with van der Waals surface area (Å²) in [5, 5.41) is 3.06. The first-order chi connectivity index (χ1) is 10.0. The van der Waals surface area contributed by atoms with Gasteiger partial charge >= 0.3 is 17.9 Å². The second kappa shape index (κ2) is 8.61. The van der Waals surface area contributed by atoms with E-state index >= 15 is 0 Å². The lowest BCUT2D eigenvalue weighted by Gasteiger charge is -2.23. The molecule has 1 aliphatic rings. The van der Waals surface area contributed by atoms with Crippen molar-refractivity contribution in [3.8, 4) is 0 Å². The minimum Gasteiger partial charge on any atom is -0.464 e. The summed E-state index contributed by atoms with van der Waals surface area (Å²) >= 11 is 0. The Morgan fingerprint density at radius 1 is 0.952 bits per heavy atom. The number of hydrogen-bond donors (Lipinski definition) is 1. The summed E-state index contributed by atoms with van der Waals surface area (Å²) in [6.45, 7) is 5.52. The van der Waals surface area contributed by atoms with Crippen LogP contribution < -0.4 is 5.32 Å². The van der Waals surface area contributed by atoms with Crippen LogP contribution in [0.1, 0.15) is 40.0 Å². The largest absolute Gasteiger partial charge is 0.464 e. The number of rotatable bonds is 7. The number of esters is 3. The van der Waals surface area contributed by atoms with E-state index in [1.165, 1.54) is 0 Å². The van der Waals surface area contributed by atoms with Gasteiger partial charge in [-0.15, -0.1) is 0 Å². The molecule has 1 N–H and O–H groups in total. The van der Waals surface area contributed by atoms with E-state index < -0.39 is 12.2 Å². The highest BCUT2D eigenvalue weighted by Crippen LogP contribution is 2.18. The molecular weight excluding hydrogens is 278 g/mol. The van der Waals surface area contributed by atoms with E-state index in [1.54, 1.807) is 20.8 Å². The molecule has 1 rings (SSSR count). The first-order valence-corrected chi connectivity index (χ1v) is 7.29. The molecule has 0 bridgehead atoms. The van der Waals surface area contributed by atoms with E-state index in [1.807, 2.05) is 0 Å². The topological polar surface area (TPSA) is 90.9 Å². The van der Waals surface area contributed by atoms with Crippen molar-refractivity contribution in [2.75, 3.05) is 13.2 Å². The van der Waals surface area contributed by atoms with Gasteiger partial charge in [-0.05, 0) is 0 Å². The van der Waals surface area contributed by atoms with Gasteiger partial charge in [0.15, 0.2) is 12.2 Å². The summed E-state index contributed by atoms with van der Waals surface area (Å²) in [6.07, 6.45) is -0.441. The summed E-state index contributed by atoms with van der Waals surface area (Å²) in [4.78, 5) is 34.1. The van der Waals surface area contributed by atoms with Crippen molar-refractivity contribution in [3.63, 3.8) is 0 Å². The van der Waals surface area contributed by atoms with Gasteiger partial charge in [0.25, 0.3) is 0 Å². The van der Waals surface area contributed by atoms with Crippen molar-refractivity contribution in [1.29, 1.82) is 0 Å². The maximum atomic E-state index is 11.5. The van der Waals surface area contributed by atoms with Gasteiger partial charge < -0.3 is 19.5 Å². The third-order valence-corrected chi connectivity index (χ3v) is 3.18. The quantitative estimate of drug-likeness (QED) is 0.542. The highest BCUT2D eigenvalue weighted by atomic mass is 16.6. The highest BCUT2D eigenvalue weighted by Gasteiger charge is 2.41. The highest BCUT2D eigenvalue weighted by molar-refractivity contribution is 5.70. The van der Waals surface area contributed by atoms with E-state index in [9.17, 15) is 14.4 Å². The van der Waals surface area contributed by atoms with Crippen LogP contribution in [0.15, 0.2) is 0 Å². The van der Waals surface area contributed by atoms with Crippen LogP contribution in [0.2, 0.25) is 0 Å². The van der Waals surface area contributed by atoms with Crippen molar-refractivity contribution in [3.05, 3.63) is 0 Å². The second-order valence-corrected chi connectivity index (χ2v) is 4.74. The molecule has 1 aliphatic heterocycles. The van der Waals surface area contributed by atoms with Crippen LogP contribution in [-0.2, 0) is 28.6 Å². The standard InChI is InChI=1S/C14H23NO6/c1-4-11(16)19-8-9-14(21-13(18)6-3)10(7-15-9)20-12(17)5-2/h9-10,14-15H,4-8H2,1-3H3/t9-,10-,14-/m0/s1. The average Bonchev–Trinajstić information content (AvgIpc) is 2.86. The molecule has 0 spiro atoms. The number of nitrogens with one attached hydrogen (secondary N) is 1. The predicted molar refractivity (Wildman–Crippen MR) is 73.4 cm³/mol. The van der Waals surface area contributed by atoms with Crippen molar-refractivity contribution >= 4 is 17.9 Å².